The number of rotatable bonds is 9. The first-order valence-corrected chi connectivity index (χ1v) is 10.6. The minimum atomic E-state index is -3.70. The van der Waals surface area contributed by atoms with Crippen LogP contribution >= 0.6 is 11.8 Å². The standard InChI is InChI=1S/C16H16N4O6S2/c1-3-12(16(22)25-9-11-7-5-4-6-8-11)20-14(21)13(18-19-17)15(20)27-10-26-28(2,23)24/h4-8,13,15H,1,9-10H2,2H3/t13-,15-/m1/s1. The Bertz CT molecular complexity index is 953. The van der Waals surface area contributed by atoms with Gasteiger partial charge in [0.15, 0.2) is 5.70 Å². The Morgan fingerprint density at radius 3 is 2.68 bits per heavy atom. The maximum Gasteiger partial charge on any atom is 0.363 e. The van der Waals surface area contributed by atoms with Crippen LogP contribution in [0.3, 0.4) is 0 Å². The summed E-state index contributed by atoms with van der Waals surface area (Å²) in [7, 11) is -3.70. The van der Waals surface area contributed by atoms with Gasteiger partial charge in [-0.05, 0) is 11.1 Å². The summed E-state index contributed by atoms with van der Waals surface area (Å²) in [5.74, 6) is -1.84. The third-order valence-electron chi connectivity index (χ3n) is 3.51. The minimum Gasteiger partial charge on any atom is -0.456 e. The topological polar surface area (TPSA) is 139 Å². The summed E-state index contributed by atoms with van der Waals surface area (Å²) in [6.07, 6.45) is 0.873. The molecule has 0 aliphatic carbocycles. The summed E-state index contributed by atoms with van der Waals surface area (Å²) in [5, 5.41) is 2.51. The van der Waals surface area contributed by atoms with E-state index in [2.05, 4.69) is 26.5 Å². The van der Waals surface area contributed by atoms with Crippen molar-refractivity contribution in [2.75, 3.05) is 12.2 Å². The second kappa shape index (κ2) is 9.45. The molecule has 148 valence electrons. The number of hydrogen-bond donors (Lipinski definition) is 0. The second-order valence-electron chi connectivity index (χ2n) is 5.44. The van der Waals surface area contributed by atoms with Crippen molar-refractivity contribution in [3.63, 3.8) is 0 Å². The Morgan fingerprint density at radius 2 is 2.11 bits per heavy atom. The van der Waals surface area contributed by atoms with Gasteiger partial charge in [0.25, 0.3) is 10.1 Å². The molecular weight excluding hydrogens is 408 g/mol. The van der Waals surface area contributed by atoms with E-state index in [1.165, 1.54) is 0 Å². The van der Waals surface area contributed by atoms with Crippen molar-refractivity contribution in [3.05, 3.63) is 64.3 Å². The molecule has 2 atom stereocenters. The number of amides is 1. The van der Waals surface area contributed by atoms with Gasteiger partial charge in [0, 0.05) is 4.91 Å². The highest BCUT2D eigenvalue weighted by Gasteiger charge is 2.51. The van der Waals surface area contributed by atoms with Gasteiger partial charge >= 0.3 is 5.97 Å². The Balaban J connectivity index is 2.10. The van der Waals surface area contributed by atoms with Crippen molar-refractivity contribution >= 4 is 33.8 Å². The zero-order valence-electron chi connectivity index (χ0n) is 14.7. The molecule has 0 saturated carbocycles. The average molecular weight is 424 g/mol. The highest BCUT2D eigenvalue weighted by Crippen LogP contribution is 2.36. The van der Waals surface area contributed by atoms with Gasteiger partial charge in [-0.1, -0.05) is 47.8 Å². The van der Waals surface area contributed by atoms with Crippen LogP contribution in [0.4, 0.5) is 0 Å². The largest absolute Gasteiger partial charge is 0.456 e. The van der Waals surface area contributed by atoms with E-state index >= 15 is 0 Å². The first kappa shape index (κ1) is 21.5. The Hall–Kier alpha value is -2.75. The Morgan fingerprint density at radius 1 is 1.43 bits per heavy atom. The van der Waals surface area contributed by atoms with E-state index in [1.807, 2.05) is 6.07 Å². The van der Waals surface area contributed by atoms with E-state index < -0.39 is 33.4 Å². The number of azide groups is 1. The van der Waals surface area contributed by atoms with E-state index in [4.69, 9.17) is 10.3 Å². The first-order chi connectivity index (χ1) is 13.3. The van der Waals surface area contributed by atoms with Crippen molar-refractivity contribution in [2.24, 2.45) is 5.11 Å². The normalized spacial score (nSPS) is 18.5. The van der Waals surface area contributed by atoms with Crippen molar-refractivity contribution in [1.82, 2.24) is 4.90 Å². The molecule has 0 aromatic heterocycles. The smallest absolute Gasteiger partial charge is 0.363 e. The summed E-state index contributed by atoms with van der Waals surface area (Å²) < 4.78 is 32.0. The summed E-state index contributed by atoms with van der Waals surface area (Å²) in [4.78, 5) is 28.3. The van der Waals surface area contributed by atoms with Crippen LogP contribution in [0, 0.1) is 0 Å². The maximum absolute atomic E-state index is 12.4. The molecular formula is C16H16N4O6S2. The molecule has 1 aliphatic rings. The van der Waals surface area contributed by atoms with Gasteiger partial charge in [0.1, 0.15) is 24.0 Å². The van der Waals surface area contributed by atoms with Gasteiger partial charge in [0.05, 0.1) is 6.26 Å². The first-order valence-electron chi connectivity index (χ1n) is 7.73. The van der Waals surface area contributed by atoms with Gasteiger partial charge in [0.2, 0.25) is 5.91 Å². The van der Waals surface area contributed by atoms with Crippen LogP contribution < -0.4 is 0 Å². The summed E-state index contributed by atoms with van der Waals surface area (Å²) in [6, 6.07) is 7.78. The number of hydrogen-bond acceptors (Lipinski definition) is 8. The number of thioether (sulfide) groups is 1. The molecule has 0 bridgehead atoms. The van der Waals surface area contributed by atoms with Gasteiger partial charge in [-0.15, -0.1) is 11.8 Å². The number of carbonyl (C=O) groups excluding carboxylic acids is 2. The third-order valence-corrected chi connectivity index (χ3v) is 5.27. The van der Waals surface area contributed by atoms with Crippen LogP contribution in [0.15, 0.2) is 53.5 Å². The zero-order chi connectivity index (χ0) is 20.7. The van der Waals surface area contributed by atoms with Gasteiger partial charge < -0.3 is 4.74 Å². The molecule has 0 N–H and O–H groups in total. The van der Waals surface area contributed by atoms with Crippen molar-refractivity contribution in [2.45, 2.75) is 18.0 Å². The molecule has 1 aliphatic heterocycles. The molecule has 1 amide bonds. The molecule has 12 heteroatoms. The van der Waals surface area contributed by atoms with Crippen LogP contribution in [0.2, 0.25) is 0 Å². The van der Waals surface area contributed by atoms with Crippen LogP contribution in [0.25, 0.3) is 10.4 Å². The molecule has 0 radical (unpaired) electrons. The lowest BCUT2D eigenvalue weighted by atomic mass is 10.1. The molecule has 1 aromatic carbocycles. The quantitative estimate of drug-likeness (QED) is 0.0679. The number of ether oxygens (including phenoxy) is 1. The molecule has 28 heavy (non-hydrogen) atoms. The predicted molar refractivity (Wildman–Crippen MR) is 101 cm³/mol. The molecule has 0 unspecified atom stereocenters. The number of β-lactam (4-membered cyclic amide) rings is 1. The number of carbonyl (C=O) groups is 2. The molecule has 1 fully saturated rings. The number of nitrogens with zero attached hydrogens (tertiary/aromatic N) is 4. The van der Waals surface area contributed by atoms with E-state index in [0.29, 0.717) is 0 Å². The van der Waals surface area contributed by atoms with Crippen molar-refractivity contribution in [1.29, 1.82) is 0 Å². The van der Waals surface area contributed by atoms with Gasteiger partial charge in [-0.3, -0.25) is 13.9 Å². The minimum absolute atomic E-state index is 0.0261. The molecule has 10 nitrogen and oxygen atoms in total. The molecule has 1 saturated heterocycles. The Kier molecular flexibility index (Phi) is 7.27. The highest BCUT2D eigenvalue weighted by molar-refractivity contribution is 8.00. The summed E-state index contributed by atoms with van der Waals surface area (Å²) in [6.45, 7) is 3.38. The lowest BCUT2D eigenvalue weighted by molar-refractivity contribution is -0.151. The van der Waals surface area contributed by atoms with E-state index in [-0.39, 0.29) is 18.2 Å². The maximum atomic E-state index is 12.4. The zero-order valence-corrected chi connectivity index (χ0v) is 16.4. The van der Waals surface area contributed by atoms with Crippen LogP contribution in [-0.2, 0) is 35.2 Å². The van der Waals surface area contributed by atoms with Crippen LogP contribution in [0.5, 0.6) is 0 Å². The number of esters is 1. The van der Waals surface area contributed by atoms with Crippen LogP contribution in [-0.4, -0.2) is 48.8 Å². The monoisotopic (exact) mass is 424 g/mol. The van der Waals surface area contributed by atoms with Gasteiger partial charge in [-0.25, -0.2) is 4.79 Å². The second-order valence-corrected chi connectivity index (χ2v) is 8.14. The fourth-order valence-corrected chi connectivity index (χ4v) is 4.02. The lowest BCUT2D eigenvalue weighted by Crippen LogP contribution is -2.62. The predicted octanol–water partition coefficient (Wildman–Crippen LogP) is 1.91. The number of likely N-dealkylation sites (tertiary alicyclic amines) is 1. The molecule has 2 rings (SSSR count). The Labute approximate surface area is 165 Å². The molecule has 1 heterocycles. The average Bonchev–Trinajstić information content (AvgIpc) is 2.66. The van der Waals surface area contributed by atoms with Crippen molar-refractivity contribution in [3.8, 4) is 0 Å². The SMILES string of the molecule is C=C=C(C(=O)OCc1ccccc1)N1C(=O)[C@@H](N=[N+]=[N-])[C@H]1SCOS(C)(=O)=O. The summed E-state index contributed by atoms with van der Waals surface area (Å²) >= 11 is 0.868. The molecule has 1 aromatic rings. The van der Waals surface area contributed by atoms with Crippen LogP contribution in [0.1, 0.15) is 5.56 Å². The van der Waals surface area contributed by atoms with E-state index in [0.717, 1.165) is 28.5 Å². The summed E-state index contributed by atoms with van der Waals surface area (Å²) in [5.41, 5.74) is 11.5. The third kappa shape index (κ3) is 5.38. The van der Waals surface area contributed by atoms with E-state index in [9.17, 15) is 18.0 Å². The van der Waals surface area contributed by atoms with E-state index in [1.54, 1.807) is 24.3 Å². The fourth-order valence-electron chi connectivity index (χ4n) is 2.25. The lowest BCUT2D eigenvalue weighted by Gasteiger charge is -2.43. The van der Waals surface area contributed by atoms with Crippen molar-refractivity contribution < 1.29 is 26.9 Å². The van der Waals surface area contributed by atoms with Gasteiger partial charge in [-0.2, -0.15) is 8.42 Å². The number of benzene rings is 1. The molecule has 0 spiro atoms. The highest BCUT2D eigenvalue weighted by atomic mass is 32.2. The fraction of sp³-hybridized carbons (Fsp3) is 0.312.